The largest absolute Gasteiger partial charge is 0.481 e. The van der Waals surface area contributed by atoms with Crippen LogP contribution in [0.4, 0.5) is 5.69 Å². The lowest BCUT2D eigenvalue weighted by Crippen LogP contribution is -2.07. The molecule has 1 unspecified atom stereocenters. The van der Waals surface area contributed by atoms with E-state index in [2.05, 4.69) is 4.98 Å². The highest BCUT2D eigenvalue weighted by Gasteiger charge is 2.17. The summed E-state index contributed by atoms with van der Waals surface area (Å²) in [4.78, 5) is 4.48. The fraction of sp³-hybridized carbons (Fsp3) is 0.211. The summed E-state index contributed by atoms with van der Waals surface area (Å²) in [5.74, 6) is 0.447. The van der Waals surface area contributed by atoms with Gasteiger partial charge in [-0.05, 0) is 30.7 Å². The summed E-state index contributed by atoms with van der Waals surface area (Å²) < 4.78 is 5.36. The van der Waals surface area contributed by atoms with Crippen molar-refractivity contribution in [1.82, 2.24) is 4.98 Å². The summed E-state index contributed by atoms with van der Waals surface area (Å²) >= 11 is 0. The van der Waals surface area contributed by atoms with Crippen molar-refractivity contribution in [2.75, 3.05) is 12.8 Å². The standard InChI is InChI=1S/C19H20N2O2/c1-12-7-8-16(20)14(9-12)11-18(22)15-10-13-5-3-4-6-17(13)21-19(15)23-2/h3-10,18,22H,11,20H2,1-2H3. The van der Waals surface area contributed by atoms with Gasteiger partial charge in [-0.1, -0.05) is 35.9 Å². The first kappa shape index (κ1) is 15.3. The van der Waals surface area contributed by atoms with Crippen molar-refractivity contribution in [3.8, 4) is 5.88 Å². The predicted molar refractivity (Wildman–Crippen MR) is 92.6 cm³/mol. The topological polar surface area (TPSA) is 68.4 Å². The minimum absolute atomic E-state index is 0.421. The van der Waals surface area contributed by atoms with Crippen LogP contribution in [0.1, 0.15) is 22.8 Å². The van der Waals surface area contributed by atoms with Crippen molar-refractivity contribution in [1.29, 1.82) is 0 Å². The van der Waals surface area contributed by atoms with E-state index in [1.165, 1.54) is 0 Å². The molecule has 0 bridgehead atoms. The molecule has 0 radical (unpaired) electrons. The molecule has 1 atom stereocenters. The van der Waals surface area contributed by atoms with E-state index in [1.54, 1.807) is 7.11 Å². The van der Waals surface area contributed by atoms with Gasteiger partial charge >= 0.3 is 0 Å². The minimum Gasteiger partial charge on any atom is -0.481 e. The quantitative estimate of drug-likeness (QED) is 0.725. The van der Waals surface area contributed by atoms with Gasteiger partial charge < -0.3 is 15.6 Å². The molecule has 1 heterocycles. The SMILES string of the molecule is COc1nc2ccccc2cc1C(O)Cc1cc(C)ccc1N. The second-order valence-electron chi connectivity index (χ2n) is 5.70. The van der Waals surface area contributed by atoms with Crippen molar-refractivity contribution in [3.63, 3.8) is 0 Å². The van der Waals surface area contributed by atoms with Crippen LogP contribution in [0, 0.1) is 6.92 Å². The second-order valence-corrected chi connectivity index (χ2v) is 5.70. The second kappa shape index (κ2) is 6.26. The third kappa shape index (κ3) is 3.12. The molecule has 0 saturated heterocycles. The molecular formula is C19H20N2O2. The highest BCUT2D eigenvalue weighted by atomic mass is 16.5. The maximum atomic E-state index is 10.7. The Morgan fingerprint density at radius 1 is 1.17 bits per heavy atom. The van der Waals surface area contributed by atoms with Gasteiger partial charge in [0.05, 0.1) is 18.7 Å². The third-order valence-corrected chi connectivity index (χ3v) is 3.98. The van der Waals surface area contributed by atoms with E-state index in [0.717, 1.165) is 22.0 Å². The first-order valence-corrected chi connectivity index (χ1v) is 7.55. The lowest BCUT2D eigenvalue weighted by molar-refractivity contribution is 0.173. The molecule has 1 aromatic heterocycles. The molecule has 0 saturated carbocycles. The zero-order valence-electron chi connectivity index (χ0n) is 13.3. The number of benzene rings is 2. The molecule has 0 aliphatic rings. The van der Waals surface area contributed by atoms with Gasteiger partial charge in [-0.25, -0.2) is 4.98 Å². The maximum absolute atomic E-state index is 10.7. The Balaban J connectivity index is 1.99. The number of pyridine rings is 1. The minimum atomic E-state index is -0.730. The fourth-order valence-electron chi connectivity index (χ4n) is 2.75. The van der Waals surface area contributed by atoms with E-state index in [1.807, 2.05) is 55.5 Å². The number of fused-ring (bicyclic) bond motifs is 1. The number of nitrogens with two attached hydrogens (primary N) is 1. The highest BCUT2D eigenvalue weighted by molar-refractivity contribution is 5.80. The average Bonchev–Trinajstić information content (AvgIpc) is 2.56. The van der Waals surface area contributed by atoms with Crippen LogP contribution in [0.3, 0.4) is 0 Å². The number of nitrogen functional groups attached to an aromatic ring is 1. The van der Waals surface area contributed by atoms with Crippen LogP contribution in [-0.4, -0.2) is 17.2 Å². The van der Waals surface area contributed by atoms with Gasteiger partial charge in [-0.15, -0.1) is 0 Å². The Kier molecular flexibility index (Phi) is 4.17. The van der Waals surface area contributed by atoms with Crippen LogP contribution in [0.25, 0.3) is 10.9 Å². The summed E-state index contributed by atoms with van der Waals surface area (Å²) in [5, 5.41) is 11.7. The van der Waals surface area contributed by atoms with Crippen molar-refractivity contribution in [2.24, 2.45) is 0 Å². The highest BCUT2D eigenvalue weighted by Crippen LogP contribution is 2.30. The number of ether oxygens (including phenoxy) is 1. The van der Waals surface area contributed by atoms with Crippen LogP contribution in [0.5, 0.6) is 5.88 Å². The van der Waals surface area contributed by atoms with Crippen LogP contribution in [-0.2, 0) is 6.42 Å². The van der Waals surface area contributed by atoms with E-state index in [-0.39, 0.29) is 0 Å². The predicted octanol–water partition coefficient (Wildman–Crippen LogP) is 3.41. The van der Waals surface area contributed by atoms with Gasteiger partial charge in [0.25, 0.3) is 0 Å². The monoisotopic (exact) mass is 308 g/mol. The summed E-state index contributed by atoms with van der Waals surface area (Å²) in [6, 6.07) is 15.5. The lowest BCUT2D eigenvalue weighted by Gasteiger charge is -2.16. The van der Waals surface area contributed by atoms with Crippen LogP contribution in [0.15, 0.2) is 48.5 Å². The van der Waals surface area contributed by atoms with Crippen LogP contribution in [0.2, 0.25) is 0 Å². The Hall–Kier alpha value is -2.59. The molecule has 0 amide bonds. The summed E-state index contributed by atoms with van der Waals surface area (Å²) in [7, 11) is 1.56. The number of aryl methyl sites for hydroxylation is 1. The number of para-hydroxylation sites is 1. The molecule has 3 rings (SSSR count). The lowest BCUT2D eigenvalue weighted by atomic mass is 9.98. The molecule has 118 valence electrons. The molecule has 0 fully saturated rings. The van der Waals surface area contributed by atoms with Gasteiger partial charge in [0.2, 0.25) is 5.88 Å². The zero-order chi connectivity index (χ0) is 16.4. The maximum Gasteiger partial charge on any atom is 0.219 e. The van der Waals surface area contributed by atoms with Gasteiger partial charge in [0.1, 0.15) is 0 Å². The molecule has 4 heteroatoms. The Morgan fingerprint density at radius 3 is 2.74 bits per heavy atom. The number of nitrogens with zero attached hydrogens (tertiary/aromatic N) is 1. The first-order valence-electron chi connectivity index (χ1n) is 7.55. The zero-order valence-corrected chi connectivity index (χ0v) is 13.3. The summed E-state index contributed by atoms with van der Waals surface area (Å²) in [6.07, 6.45) is -0.310. The van der Waals surface area contributed by atoms with Crippen LogP contribution < -0.4 is 10.5 Å². The molecule has 2 aromatic carbocycles. The third-order valence-electron chi connectivity index (χ3n) is 3.98. The molecule has 23 heavy (non-hydrogen) atoms. The van der Waals surface area contributed by atoms with E-state index < -0.39 is 6.10 Å². The van der Waals surface area contributed by atoms with Crippen molar-refractivity contribution in [3.05, 3.63) is 65.2 Å². The molecule has 3 N–H and O–H groups in total. The number of hydrogen-bond acceptors (Lipinski definition) is 4. The Bertz CT molecular complexity index is 846. The molecule has 0 aliphatic heterocycles. The van der Waals surface area contributed by atoms with Gasteiger partial charge in [-0.3, -0.25) is 0 Å². The Labute approximate surface area is 135 Å². The molecular weight excluding hydrogens is 288 g/mol. The molecule has 3 aromatic rings. The van der Waals surface area contributed by atoms with E-state index in [4.69, 9.17) is 10.5 Å². The van der Waals surface area contributed by atoms with Crippen molar-refractivity contribution >= 4 is 16.6 Å². The number of rotatable bonds is 4. The number of aliphatic hydroxyl groups is 1. The van der Waals surface area contributed by atoms with Crippen molar-refractivity contribution < 1.29 is 9.84 Å². The number of anilines is 1. The molecule has 0 aliphatic carbocycles. The van der Waals surface area contributed by atoms with Gasteiger partial charge in [0, 0.05) is 23.1 Å². The van der Waals surface area contributed by atoms with E-state index in [9.17, 15) is 5.11 Å². The summed E-state index contributed by atoms with van der Waals surface area (Å²) in [5.41, 5.74) is 10.3. The number of aliphatic hydroxyl groups excluding tert-OH is 1. The molecule has 4 nitrogen and oxygen atoms in total. The first-order chi connectivity index (χ1) is 11.1. The smallest absolute Gasteiger partial charge is 0.219 e. The number of methoxy groups -OCH3 is 1. The van der Waals surface area contributed by atoms with E-state index >= 15 is 0 Å². The molecule has 0 spiro atoms. The Morgan fingerprint density at radius 2 is 1.96 bits per heavy atom. The van der Waals surface area contributed by atoms with Crippen molar-refractivity contribution in [2.45, 2.75) is 19.4 Å². The van der Waals surface area contributed by atoms with E-state index in [0.29, 0.717) is 23.6 Å². The summed E-state index contributed by atoms with van der Waals surface area (Å²) in [6.45, 7) is 2.01. The number of hydrogen-bond donors (Lipinski definition) is 2. The fourth-order valence-corrected chi connectivity index (χ4v) is 2.75. The van der Waals surface area contributed by atoms with Gasteiger partial charge in [-0.2, -0.15) is 0 Å². The van der Waals surface area contributed by atoms with Gasteiger partial charge in [0.15, 0.2) is 0 Å². The normalized spacial score (nSPS) is 12.3. The van der Waals surface area contributed by atoms with Crippen LogP contribution >= 0.6 is 0 Å². The number of aromatic nitrogens is 1. The average molecular weight is 308 g/mol.